The van der Waals surface area contributed by atoms with Crippen molar-refractivity contribution in [3.8, 4) is 0 Å². The van der Waals surface area contributed by atoms with Crippen molar-refractivity contribution < 1.29 is 4.79 Å². The fourth-order valence-electron chi connectivity index (χ4n) is 3.07. The average molecular weight is 359 g/mol. The Morgan fingerprint density at radius 2 is 2.12 bits per heavy atom. The van der Waals surface area contributed by atoms with E-state index in [1.165, 1.54) is 17.5 Å². The minimum Gasteiger partial charge on any atom is -0.358 e. The highest BCUT2D eigenvalue weighted by Crippen LogP contribution is 2.30. The van der Waals surface area contributed by atoms with E-state index in [-0.39, 0.29) is 5.91 Å². The van der Waals surface area contributed by atoms with Gasteiger partial charge in [-0.3, -0.25) is 4.79 Å². The lowest BCUT2D eigenvalue weighted by Crippen LogP contribution is -2.35. The maximum atomic E-state index is 12.7. The van der Waals surface area contributed by atoms with Crippen molar-refractivity contribution in [1.29, 1.82) is 0 Å². The van der Waals surface area contributed by atoms with E-state index in [9.17, 15) is 4.79 Å². The third-order valence-electron chi connectivity index (χ3n) is 4.28. The number of amides is 1. The fraction of sp³-hybridized carbons (Fsp3) is 0.235. The summed E-state index contributed by atoms with van der Waals surface area (Å²) < 4.78 is 0. The molecule has 0 atom stereocenters. The van der Waals surface area contributed by atoms with Gasteiger partial charge in [0.25, 0.3) is 5.91 Å². The molecule has 4 rings (SSSR count). The van der Waals surface area contributed by atoms with Crippen molar-refractivity contribution in [3.63, 3.8) is 0 Å². The van der Waals surface area contributed by atoms with E-state index >= 15 is 0 Å². The van der Waals surface area contributed by atoms with Crippen LogP contribution in [0.4, 0.5) is 0 Å². The van der Waals surface area contributed by atoms with Gasteiger partial charge in [-0.1, -0.05) is 23.4 Å². The Hall–Kier alpha value is -2.05. The number of halogens is 1. The van der Waals surface area contributed by atoms with Crippen LogP contribution in [0.3, 0.4) is 0 Å². The van der Waals surface area contributed by atoms with Crippen LogP contribution in [-0.4, -0.2) is 38.6 Å². The van der Waals surface area contributed by atoms with Crippen LogP contribution in [0.25, 0.3) is 10.9 Å². The van der Waals surface area contributed by atoms with Crippen molar-refractivity contribution in [2.75, 3.05) is 12.8 Å². The van der Waals surface area contributed by atoms with Crippen LogP contribution in [0.5, 0.6) is 0 Å². The van der Waals surface area contributed by atoms with E-state index in [4.69, 9.17) is 11.6 Å². The van der Waals surface area contributed by atoms with E-state index in [2.05, 4.69) is 15.0 Å². The van der Waals surface area contributed by atoms with Crippen molar-refractivity contribution in [2.45, 2.75) is 18.1 Å². The molecule has 3 heterocycles. The fourth-order valence-corrected chi connectivity index (χ4v) is 3.56. The Balaban J connectivity index is 1.64. The summed E-state index contributed by atoms with van der Waals surface area (Å²) in [4.78, 5) is 26.4. The molecule has 1 N–H and O–H groups in total. The lowest BCUT2D eigenvalue weighted by molar-refractivity contribution is 0.0734. The predicted octanol–water partition coefficient (Wildman–Crippen LogP) is 3.53. The maximum Gasteiger partial charge on any atom is 0.257 e. The molecule has 0 saturated carbocycles. The van der Waals surface area contributed by atoms with Crippen LogP contribution in [0.1, 0.15) is 21.6 Å². The normalized spacial score (nSPS) is 14.0. The zero-order valence-corrected chi connectivity index (χ0v) is 14.6. The minimum absolute atomic E-state index is 0.0373. The van der Waals surface area contributed by atoms with Crippen LogP contribution in [0.15, 0.2) is 35.7 Å². The van der Waals surface area contributed by atoms with Gasteiger partial charge in [0.15, 0.2) is 5.16 Å². The molecule has 5 nitrogen and oxygen atoms in total. The highest BCUT2D eigenvalue weighted by molar-refractivity contribution is 7.98. The van der Waals surface area contributed by atoms with Crippen LogP contribution in [-0.2, 0) is 13.0 Å². The summed E-state index contributed by atoms with van der Waals surface area (Å²) in [5.74, 6) is -0.0373. The number of hydrogen-bond donors (Lipinski definition) is 1. The average Bonchev–Trinajstić information content (AvgIpc) is 2.98. The lowest BCUT2D eigenvalue weighted by Gasteiger charge is -2.27. The molecule has 0 unspecified atom stereocenters. The molecule has 1 amide bonds. The molecule has 0 aliphatic carbocycles. The first-order valence-electron chi connectivity index (χ1n) is 7.60. The molecule has 0 fully saturated rings. The second kappa shape index (κ2) is 6.11. The number of carbonyl (C=O) groups excluding carboxylic acids is 1. The van der Waals surface area contributed by atoms with Crippen LogP contribution < -0.4 is 0 Å². The highest BCUT2D eigenvalue weighted by atomic mass is 35.5. The summed E-state index contributed by atoms with van der Waals surface area (Å²) in [6, 6.07) is 5.81. The molecular formula is C17H15ClN4OS. The monoisotopic (exact) mass is 358 g/mol. The zero-order valence-electron chi connectivity index (χ0n) is 13.0. The molecule has 1 aliphatic heterocycles. The Bertz CT molecular complexity index is 922. The predicted molar refractivity (Wildman–Crippen MR) is 95.6 cm³/mol. The molecule has 1 aliphatic rings. The summed E-state index contributed by atoms with van der Waals surface area (Å²) in [6.45, 7) is 1.25. The number of fused-ring (bicyclic) bond motifs is 3. The second-order valence-corrected chi connectivity index (χ2v) is 6.92. The summed E-state index contributed by atoms with van der Waals surface area (Å²) >= 11 is 7.58. The SMILES string of the molecule is CSc1ncc(C(=O)N2CCc3[nH]c4ccc(Cl)cc4c3C2)cn1. The molecule has 2 aromatic heterocycles. The summed E-state index contributed by atoms with van der Waals surface area (Å²) in [5.41, 5.74) is 3.92. The first kappa shape index (κ1) is 15.5. The van der Waals surface area contributed by atoms with Gasteiger partial charge in [0, 0.05) is 59.1 Å². The number of hydrogen-bond acceptors (Lipinski definition) is 4. The molecule has 3 aromatic rings. The molecule has 24 heavy (non-hydrogen) atoms. The molecule has 1 aromatic carbocycles. The Labute approximate surface area is 148 Å². The van der Waals surface area contributed by atoms with E-state index in [1.54, 1.807) is 12.4 Å². The van der Waals surface area contributed by atoms with Crippen molar-refractivity contribution in [3.05, 3.63) is 52.4 Å². The number of aromatic nitrogens is 3. The molecule has 0 saturated heterocycles. The van der Waals surface area contributed by atoms with Gasteiger partial charge in [-0.05, 0) is 24.5 Å². The van der Waals surface area contributed by atoms with Crippen molar-refractivity contribution >= 4 is 40.2 Å². The molecule has 122 valence electrons. The number of rotatable bonds is 2. The summed E-state index contributed by atoms with van der Waals surface area (Å²) in [5, 5.41) is 2.46. The number of nitrogens with zero attached hydrogens (tertiary/aromatic N) is 3. The van der Waals surface area contributed by atoms with Gasteiger partial charge in [-0.15, -0.1) is 0 Å². The van der Waals surface area contributed by atoms with Crippen molar-refractivity contribution in [2.24, 2.45) is 0 Å². The first-order chi connectivity index (χ1) is 11.7. The Morgan fingerprint density at radius 1 is 1.33 bits per heavy atom. The van der Waals surface area contributed by atoms with Gasteiger partial charge < -0.3 is 9.88 Å². The number of aromatic amines is 1. The second-order valence-electron chi connectivity index (χ2n) is 5.71. The third-order valence-corrected chi connectivity index (χ3v) is 5.09. The van der Waals surface area contributed by atoms with Gasteiger partial charge in [0.05, 0.1) is 5.56 Å². The largest absolute Gasteiger partial charge is 0.358 e. The quantitative estimate of drug-likeness (QED) is 0.562. The first-order valence-corrected chi connectivity index (χ1v) is 9.20. The topological polar surface area (TPSA) is 61.9 Å². The van der Waals surface area contributed by atoms with E-state index in [1.807, 2.05) is 29.4 Å². The van der Waals surface area contributed by atoms with E-state index in [0.29, 0.717) is 28.8 Å². The van der Waals surface area contributed by atoms with Gasteiger partial charge in [-0.2, -0.15) is 0 Å². The summed E-state index contributed by atoms with van der Waals surface area (Å²) in [6.07, 6.45) is 5.91. The van der Waals surface area contributed by atoms with Crippen molar-refractivity contribution in [1.82, 2.24) is 19.9 Å². The standard InChI is InChI=1S/C17H15ClN4OS/c1-24-17-19-7-10(8-20-17)16(23)22-5-4-15-13(9-22)12-6-11(18)2-3-14(12)21-15/h2-3,6-8,21H,4-5,9H2,1H3. The highest BCUT2D eigenvalue weighted by Gasteiger charge is 2.25. The van der Waals surface area contributed by atoms with Gasteiger partial charge in [-0.25, -0.2) is 9.97 Å². The van der Waals surface area contributed by atoms with Crippen LogP contribution in [0.2, 0.25) is 5.02 Å². The smallest absolute Gasteiger partial charge is 0.257 e. The molecular weight excluding hydrogens is 344 g/mol. The number of benzene rings is 1. The number of thioether (sulfide) groups is 1. The Kier molecular flexibility index (Phi) is 3.94. The third kappa shape index (κ3) is 2.65. The number of nitrogens with one attached hydrogen (secondary N) is 1. The van der Waals surface area contributed by atoms with Crippen LogP contribution >= 0.6 is 23.4 Å². The van der Waals surface area contributed by atoms with E-state index < -0.39 is 0 Å². The molecule has 0 spiro atoms. The van der Waals surface area contributed by atoms with Gasteiger partial charge in [0.2, 0.25) is 0 Å². The molecule has 0 bridgehead atoms. The summed E-state index contributed by atoms with van der Waals surface area (Å²) in [7, 11) is 0. The minimum atomic E-state index is -0.0373. The zero-order chi connectivity index (χ0) is 16.7. The number of carbonyl (C=O) groups is 1. The lowest BCUT2D eigenvalue weighted by atomic mass is 10.0. The number of H-pyrrole nitrogens is 1. The maximum absolute atomic E-state index is 12.7. The van der Waals surface area contributed by atoms with E-state index in [0.717, 1.165) is 22.9 Å². The van der Waals surface area contributed by atoms with Crippen LogP contribution in [0, 0.1) is 0 Å². The Morgan fingerprint density at radius 3 is 2.88 bits per heavy atom. The molecule has 7 heteroatoms. The van der Waals surface area contributed by atoms with Gasteiger partial charge >= 0.3 is 0 Å². The van der Waals surface area contributed by atoms with Gasteiger partial charge in [0.1, 0.15) is 0 Å². The molecule has 0 radical (unpaired) electrons.